The van der Waals surface area contributed by atoms with Gasteiger partial charge in [-0.3, -0.25) is 0 Å². The first-order valence-electron chi connectivity index (χ1n) is 7.88. The highest BCUT2D eigenvalue weighted by Gasteiger charge is 2.19. The van der Waals surface area contributed by atoms with Crippen LogP contribution in [-0.2, 0) is 11.2 Å². The molecule has 2 nitrogen and oxygen atoms in total. The number of benzene rings is 2. The summed E-state index contributed by atoms with van der Waals surface area (Å²) in [6, 6.07) is 17.7. The highest BCUT2D eigenvalue weighted by molar-refractivity contribution is 5.65. The van der Waals surface area contributed by atoms with Gasteiger partial charge in [-0.2, -0.15) is 0 Å². The van der Waals surface area contributed by atoms with Crippen LogP contribution >= 0.6 is 0 Å². The molecule has 0 fully saturated rings. The average Bonchev–Trinajstić information content (AvgIpc) is 2.75. The summed E-state index contributed by atoms with van der Waals surface area (Å²) < 4.78 is 5.77. The van der Waals surface area contributed by atoms with Gasteiger partial charge in [0.05, 0.1) is 19.3 Å². The minimum atomic E-state index is 0.311. The molecule has 1 atom stereocenters. The summed E-state index contributed by atoms with van der Waals surface area (Å²) in [7, 11) is 0. The Morgan fingerprint density at radius 1 is 1.10 bits per heavy atom. The fraction of sp³-hybridized carbons (Fsp3) is 0.368. The van der Waals surface area contributed by atoms with Crippen molar-refractivity contribution < 1.29 is 4.74 Å². The highest BCUT2D eigenvalue weighted by Crippen LogP contribution is 2.28. The molecule has 1 N–H and O–H groups in total. The van der Waals surface area contributed by atoms with E-state index in [2.05, 4.69) is 60.8 Å². The Morgan fingerprint density at radius 3 is 2.76 bits per heavy atom. The van der Waals surface area contributed by atoms with Crippen molar-refractivity contribution >= 4 is 0 Å². The Kier molecular flexibility index (Phi) is 4.69. The van der Waals surface area contributed by atoms with Gasteiger partial charge in [0.25, 0.3) is 0 Å². The molecule has 1 unspecified atom stereocenters. The molecule has 0 amide bonds. The lowest BCUT2D eigenvalue weighted by Crippen LogP contribution is -2.25. The van der Waals surface area contributed by atoms with Crippen LogP contribution in [0, 0.1) is 0 Å². The second-order valence-electron chi connectivity index (χ2n) is 5.61. The van der Waals surface area contributed by atoms with Crippen molar-refractivity contribution in [3.05, 3.63) is 59.7 Å². The van der Waals surface area contributed by atoms with Crippen LogP contribution in [0.4, 0.5) is 0 Å². The first kappa shape index (κ1) is 14.3. The first-order chi connectivity index (χ1) is 10.4. The number of ether oxygens (including phenoxy) is 1. The molecule has 3 rings (SSSR count). The van der Waals surface area contributed by atoms with Gasteiger partial charge in [-0.1, -0.05) is 49.4 Å². The maximum Gasteiger partial charge on any atom is 0.0661 e. The Hall–Kier alpha value is -1.64. The lowest BCUT2D eigenvalue weighted by molar-refractivity contribution is 0.121. The zero-order valence-corrected chi connectivity index (χ0v) is 12.6. The Balaban J connectivity index is 1.95. The number of fused-ring (bicyclic) bond motifs is 1. The minimum absolute atomic E-state index is 0.311. The third kappa shape index (κ3) is 3.34. The lowest BCUT2D eigenvalue weighted by atomic mass is 9.94. The number of rotatable bonds is 4. The van der Waals surface area contributed by atoms with Gasteiger partial charge in [-0.15, -0.1) is 0 Å². The van der Waals surface area contributed by atoms with E-state index < -0.39 is 0 Å². The van der Waals surface area contributed by atoms with Crippen molar-refractivity contribution in [1.82, 2.24) is 5.32 Å². The van der Waals surface area contributed by atoms with Gasteiger partial charge in [-0.05, 0) is 47.7 Å². The van der Waals surface area contributed by atoms with Crippen LogP contribution in [0.25, 0.3) is 11.1 Å². The fourth-order valence-electron chi connectivity index (χ4n) is 2.92. The van der Waals surface area contributed by atoms with Crippen molar-refractivity contribution in [2.24, 2.45) is 0 Å². The fourth-order valence-corrected chi connectivity index (χ4v) is 2.92. The summed E-state index contributed by atoms with van der Waals surface area (Å²) >= 11 is 0. The van der Waals surface area contributed by atoms with Crippen LogP contribution in [-0.4, -0.2) is 19.8 Å². The minimum Gasteiger partial charge on any atom is -0.379 e. The van der Waals surface area contributed by atoms with Crippen LogP contribution in [0.2, 0.25) is 0 Å². The summed E-state index contributed by atoms with van der Waals surface area (Å²) in [4.78, 5) is 0. The number of nitrogens with one attached hydrogen (secondary N) is 1. The number of hydrogen-bond acceptors (Lipinski definition) is 2. The molecule has 2 heteroatoms. The summed E-state index contributed by atoms with van der Waals surface area (Å²) in [6.07, 6.45) is 2.15. The molecule has 1 aliphatic rings. The van der Waals surface area contributed by atoms with Crippen molar-refractivity contribution in [1.29, 1.82) is 0 Å². The van der Waals surface area contributed by atoms with E-state index in [0.717, 1.165) is 32.6 Å². The van der Waals surface area contributed by atoms with Crippen molar-refractivity contribution in [2.75, 3.05) is 19.8 Å². The van der Waals surface area contributed by atoms with E-state index in [4.69, 9.17) is 4.74 Å². The van der Waals surface area contributed by atoms with Crippen LogP contribution in [0.5, 0.6) is 0 Å². The number of hydrogen-bond donors (Lipinski definition) is 1. The van der Waals surface area contributed by atoms with E-state index >= 15 is 0 Å². The molecule has 2 aromatic carbocycles. The predicted octanol–water partition coefficient (Wildman–Crippen LogP) is 3.97. The molecule has 110 valence electrons. The van der Waals surface area contributed by atoms with Crippen LogP contribution in [0.15, 0.2) is 48.5 Å². The SMILES string of the molecule is CCCNC1COCCc2ccc(-c3ccccc3)cc21. The largest absolute Gasteiger partial charge is 0.379 e. The normalized spacial score (nSPS) is 18.0. The standard InChI is InChI=1S/C19H23NO/c1-2-11-20-19-14-21-12-10-16-8-9-17(13-18(16)19)15-6-4-3-5-7-15/h3-9,13,19-20H,2,10-12,14H2,1H3. The second-order valence-corrected chi connectivity index (χ2v) is 5.61. The molecule has 1 aliphatic heterocycles. The zero-order valence-electron chi connectivity index (χ0n) is 12.6. The summed E-state index contributed by atoms with van der Waals surface area (Å²) in [5.41, 5.74) is 5.39. The van der Waals surface area contributed by atoms with Crippen LogP contribution < -0.4 is 5.32 Å². The van der Waals surface area contributed by atoms with Crippen molar-refractivity contribution in [3.63, 3.8) is 0 Å². The van der Waals surface area contributed by atoms with E-state index in [-0.39, 0.29) is 0 Å². The third-order valence-electron chi connectivity index (χ3n) is 4.07. The van der Waals surface area contributed by atoms with Gasteiger partial charge in [-0.25, -0.2) is 0 Å². The maximum atomic E-state index is 5.77. The molecule has 0 spiro atoms. The molecule has 0 aromatic heterocycles. The zero-order chi connectivity index (χ0) is 14.5. The average molecular weight is 281 g/mol. The van der Waals surface area contributed by atoms with Gasteiger partial charge in [0.15, 0.2) is 0 Å². The molecular formula is C19H23NO. The predicted molar refractivity (Wildman–Crippen MR) is 87.4 cm³/mol. The van der Waals surface area contributed by atoms with E-state index in [1.807, 2.05) is 0 Å². The summed E-state index contributed by atoms with van der Waals surface area (Å²) in [5.74, 6) is 0. The maximum absolute atomic E-state index is 5.77. The molecule has 1 heterocycles. The monoisotopic (exact) mass is 281 g/mol. The van der Waals surface area contributed by atoms with Crippen LogP contribution in [0.1, 0.15) is 30.5 Å². The molecule has 0 bridgehead atoms. The van der Waals surface area contributed by atoms with Gasteiger partial charge >= 0.3 is 0 Å². The Morgan fingerprint density at radius 2 is 1.95 bits per heavy atom. The van der Waals surface area contributed by atoms with Crippen molar-refractivity contribution in [2.45, 2.75) is 25.8 Å². The van der Waals surface area contributed by atoms with E-state index in [1.54, 1.807) is 0 Å². The smallest absolute Gasteiger partial charge is 0.0661 e. The highest BCUT2D eigenvalue weighted by atomic mass is 16.5. The molecule has 21 heavy (non-hydrogen) atoms. The Labute approximate surface area is 127 Å². The Bertz CT molecular complexity index is 579. The molecule has 2 aromatic rings. The molecular weight excluding hydrogens is 258 g/mol. The van der Waals surface area contributed by atoms with Gasteiger partial charge in [0.2, 0.25) is 0 Å². The topological polar surface area (TPSA) is 21.3 Å². The molecule has 0 aliphatic carbocycles. The molecule has 0 saturated carbocycles. The molecule has 0 saturated heterocycles. The van der Waals surface area contributed by atoms with E-state index in [9.17, 15) is 0 Å². The quantitative estimate of drug-likeness (QED) is 0.915. The van der Waals surface area contributed by atoms with Crippen molar-refractivity contribution in [3.8, 4) is 11.1 Å². The first-order valence-corrected chi connectivity index (χ1v) is 7.88. The van der Waals surface area contributed by atoms with Gasteiger partial charge in [0, 0.05) is 0 Å². The van der Waals surface area contributed by atoms with E-state index in [0.29, 0.717) is 6.04 Å². The lowest BCUT2D eigenvalue weighted by Gasteiger charge is -2.19. The third-order valence-corrected chi connectivity index (χ3v) is 4.07. The van der Waals surface area contributed by atoms with Crippen LogP contribution in [0.3, 0.4) is 0 Å². The molecule has 0 radical (unpaired) electrons. The van der Waals surface area contributed by atoms with Gasteiger partial charge < -0.3 is 10.1 Å². The summed E-state index contributed by atoms with van der Waals surface area (Å²) in [6.45, 7) is 4.82. The second kappa shape index (κ2) is 6.88. The van der Waals surface area contributed by atoms with Gasteiger partial charge in [0.1, 0.15) is 0 Å². The summed E-state index contributed by atoms with van der Waals surface area (Å²) in [5, 5.41) is 3.62. The van der Waals surface area contributed by atoms with E-state index in [1.165, 1.54) is 22.3 Å².